The second kappa shape index (κ2) is 7.63. The molecule has 1 aliphatic rings. The van der Waals surface area contributed by atoms with Gasteiger partial charge in [0, 0.05) is 30.8 Å². The van der Waals surface area contributed by atoms with Crippen molar-refractivity contribution in [3.63, 3.8) is 0 Å². The predicted octanol–water partition coefficient (Wildman–Crippen LogP) is 2.16. The van der Waals surface area contributed by atoms with Crippen LogP contribution in [0.3, 0.4) is 0 Å². The molecule has 2 rings (SSSR count). The Labute approximate surface area is 132 Å². The number of hydrogen-bond acceptors (Lipinski definition) is 4. The largest absolute Gasteiger partial charge is 0.468 e. The van der Waals surface area contributed by atoms with Crippen molar-refractivity contribution >= 4 is 5.91 Å². The highest BCUT2D eigenvalue weighted by atomic mass is 19.4. The van der Waals surface area contributed by atoms with E-state index in [9.17, 15) is 18.0 Å². The molecule has 0 bridgehead atoms. The molecule has 1 aromatic rings. The van der Waals surface area contributed by atoms with Crippen LogP contribution in [-0.2, 0) is 11.3 Å². The third-order valence-corrected chi connectivity index (χ3v) is 3.74. The van der Waals surface area contributed by atoms with Gasteiger partial charge in [-0.05, 0) is 30.9 Å². The Hall–Kier alpha value is -1.83. The number of hydrogen-bond donors (Lipinski definition) is 2. The molecule has 128 valence electrons. The number of alkyl halides is 3. The first-order valence-corrected chi connectivity index (χ1v) is 7.51. The van der Waals surface area contributed by atoms with Crippen LogP contribution in [0, 0.1) is 5.92 Å². The van der Waals surface area contributed by atoms with Crippen molar-refractivity contribution in [2.45, 2.75) is 44.4 Å². The molecule has 2 unspecified atom stereocenters. The van der Waals surface area contributed by atoms with Crippen molar-refractivity contribution in [2.75, 3.05) is 6.61 Å². The van der Waals surface area contributed by atoms with Gasteiger partial charge in [-0.1, -0.05) is 6.42 Å². The summed E-state index contributed by atoms with van der Waals surface area (Å²) in [6.45, 7) is -1.18. The summed E-state index contributed by atoms with van der Waals surface area (Å²) in [7, 11) is 0. The lowest BCUT2D eigenvalue weighted by molar-refractivity contribution is -0.154. The van der Waals surface area contributed by atoms with Crippen LogP contribution in [0.1, 0.15) is 31.2 Å². The maximum atomic E-state index is 12.1. The summed E-state index contributed by atoms with van der Waals surface area (Å²) >= 11 is 0. The summed E-state index contributed by atoms with van der Waals surface area (Å²) in [5.41, 5.74) is 6.49. The minimum atomic E-state index is -4.41. The summed E-state index contributed by atoms with van der Waals surface area (Å²) < 4.78 is 40.9. The number of halogens is 3. The molecule has 1 amide bonds. The first kappa shape index (κ1) is 17.5. The van der Waals surface area contributed by atoms with E-state index in [1.165, 1.54) is 12.3 Å². The van der Waals surface area contributed by atoms with E-state index in [-0.39, 0.29) is 30.3 Å². The zero-order chi connectivity index (χ0) is 16.9. The molecule has 1 aliphatic carbocycles. The molecule has 0 spiro atoms. The Morgan fingerprint density at radius 1 is 1.43 bits per heavy atom. The van der Waals surface area contributed by atoms with Gasteiger partial charge in [-0.2, -0.15) is 13.2 Å². The molecule has 0 saturated heterocycles. The molecule has 0 radical (unpaired) electrons. The summed E-state index contributed by atoms with van der Waals surface area (Å²) in [6.07, 6.45) is 0.297. The number of ether oxygens (including phenoxy) is 1. The fraction of sp³-hybridized carbons (Fsp3) is 0.600. The Balaban J connectivity index is 1.84. The van der Waals surface area contributed by atoms with Crippen LogP contribution in [0.4, 0.5) is 13.2 Å². The number of pyridine rings is 1. The number of nitrogens with two attached hydrogens (primary N) is 1. The van der Waals surface area contributed by atoms with Gasteiger partial charge in [0.1, 0.15) is 0 Å². The van der Waals surface area contributed by atoms with E-state index in [0.29, 0.717) is 12.0 Å². The maximum Gasteiger partial charge on any atom is 0.422 e. The van der Waals surface area contributed by atoms with Gasteiger partial charge in [-0.15, -0.1) is 0 Å². The Bertz CT molecular complexity index is 537. The number of rotatable bonds is 5. The Morgan fingerprint density at radius 2 is 2.22 bits per heavy atom. The first-order valence-electron chi connectivity index (χ1n) is 7.51. The summed E-state index contributed by atoms with van der Waals surface area (Å²) in [5, 5.41) is 2.79. The number of aromatic nitrogens is 1. The lowest BCUT2D eigenvalue weighted by Gasteiger charge is -2.25. The standard InChI is InChI=1S/C15H20F3N3O2/c16-15(17,18)9-23-13-6-10(4-5-20-13)8-21-14(22)11-2-1-3-12(19)7-11/h4-6,11-12H,1-3,7-9,19H2,(H,21,22). The van der Waals surface area contributed by atoms with Gasteiger partial charge in [0.2, 0.25) is 11.8 Å². The highest BCUT2D eigenvalue weighted by Gasteiger charge is 2.28. The molecule has 2 atom stereocenters. The quantitative estimate of drug-likeness (QED) is 0.867. The van der Waals surface area contributed by atoms with Gasteiger partial charge in [-0.3, -0.25) is 4.79 Å². The van der Waals surface area contributed by atoms with Crippen LogP contribution in [0.2, 0.25) is 0 Å². The molecule has 3 N–H and O–H groups in total. The normalized spacial score (nSPS) is 21.7. The van der Waals surface area contributed by atoms with Crippen molar-refractivity contribution in [1.29, 1.82) is 0 Å². The van der Waals surface area contributed by atoms with Gasteiger partial charge >= 0.3 is 6.18 Å². The average molecular weight is 331 g/mol. The predicted molar refractivity (Wildman–Crippen MR) is 77.6 cm³/mol. The molecular weight excluding hydrogens is 311 g/mol. The van der Waals surface area contributed by atoms with Gasteiger partial charge in [0.05, 0.1) is 0 Å². The van der Waals surface area contributed by atoms with E-state index in [0.717, 1.165) is 19.3 Å². The van der Waals surface area contributed by atoms with Crippen molar-refractivity contribution in [3.8, 4) is 5.88 Å². The Morgan fingerprint density at radius 3 is 2.91 bits per heavy atom. The fourth-order valence-electron chi connectivity index (χ4n) is 2.59. The van der Waals surface area contributed by atoms with Crippen LogP contribution in [0.5, 0.6) is 5.88 Å². The third-order valence-electron chi connectivity index (χ3n) is 3.74. The number of nitrogens with one attached hydrogen (secondary N) is 1. The monoisotopic (exact) mass is 331 g/mol. The zero-order valence-electron chi connectivity index (χ0n) is 12.6. The molecule has 1 saturated carbocycles. The van der Waals surface area contributed by atoms with E-state index in [1.54, 1.807) is 6.07 Å². The maximum absolute atomic E-state index is 12.1. The van der Waals surface area contributed by atoms with E-state index >= 15 is 0 Å². The molecular formula is C15H20F3N3O2. The third kappa shape index (κ3) is 6.05. The van der Waals surface area contributed by atoms with Gasteiger partial charge in [-0.25, -0.2) is 4.98 Å². The lowest BCUT2D eigenvalue weighted by Crippen LogP contribution is -2.37. The van der Waals surface area contributed by atoms with Crippen molar-refractivity contribution in [3.05, 3.63) is 23.9 Å². The average Bonchev–Trinajstić information content (AvgIpc) is 2.50. The van der Waals surface area contributed by atoms with Crippen LogP contribution in [0.25, 0.3) is 0 Å². The summed E-state index contributed by atoms with van der Waals surface area (Å²) in [5.74, 6) is -0.287. The van der Waals surface area contributed by atoms with E-state index in [1.807, 2.05) is 0 Å². The summed E-state index contributed by atoms with van der Waals surface area (Å²) in [4.78, 5) is 15.8. The highest BCUT2D eigenvalue weighted by Crippen LogP contribution is 2.23. The van der Waals surface area contributed by atoms with Gasteiger partial charge < -0.3 is 15.8 Å². The van der Waals surface area contributed by atoms with Crippen molar-refractivity contribution < 1.29 is 22.7 Å². The van der Waals surface area contributed by atoms with Crippen LogP contribution >= 0.6 is 0 Å². The van der Waals surface area contributed by atoms with E-state index in [2.05, 4.69) is 15.0 Å². The number of amides is 1. The van der Waals surface area contributed by atoms with Crippen molar-refractivity contribution in [2.24, 2.45) is 11.7 Å². The van der Waals surface area contributed by atoms with Crippen LogP contribution < -0.4 is 15.8 Å². The van der Waals surface area contributed by atoms with E-state index in [4.69, 9.17) is 5.73 Å². The number of carbonyl (C=O) groups excluding carboxylic acids is 1. The minimum absolute atomic E-state index is 0.0581. The zero-order valence-corrected chi connectivity index (χ0v) is 12.6. The first-order chi connectivity index (χ1) is 10.8. The molecule has 1 fully saturated rings. The molecule has 0 aliphatic heterocycles. The molecule has 1 aromatic heterocycles. The number of nitrogens with zero attached hydrogens (tertiary/aromatic N) is 1. The minimum Gasteiger partial charge on any atom is -0.468 e. The molecule has 0 aromatic carbocycles. The Kier molecular flexibility index (Phi) is 5.81. The summed E-state index contributed by atoms with van der Waals surface area (Å²) in [6, 6.07) is 3.06. The molecule has 5 nitrogen and oxygen atoms in total. The van der Waals surface area contributed by atoms with Crippen LogP contribution in [-0.4, -0.2) is 29.7 Å². The van der Waals surface area contributed by atoms with E-state index < -0.39 is 12.8 Å². The van der Waals surface area contributed by atoms with Gasteiger partial charge in [0.15, 0.2) is 6.61 Å². The van der Waals surface area contributed by atoms with Crippen LogP contribution in [0.15, 0.2) is 18.3 Å². The second-order valence-electron chi connectivity index (χ2n) is 5.75. The fourth-order valence-corrected chi connectivity index (χ4v) is 2.59. The molecule has 8 heteroatoms. The van der Waals surface area contributed by atoms with Crippen molar-refractivity contribution in [1.82, 2.24) is 10.3 Å². The number of carbonyl (C=O) groups is 1. The lowest BCUT2D eigenvalue weighted by atomic mass is 9.85. The smallest absolute Gasteiger partial charge is 0.422 e. The SMILES string of the molecule is NC1CCCC(C(=O)NCc2ccnc(OCC(F)(F)F)c2)C1. The second-order valence-corrected chi connectivity index (χ2v) is 5.75. The topological polar surface area (TPSA) is 77.2 Å². The highest BCUT2D eigenvalue weighted by molar-refractivity contribution is 5.78. The molecule has 1 heterocycles. The van der Waals surface area contributed by atoms with Gasteiger partial charge in [0.25, 0.3) is 0 Å². The molecule has 23 heavy (non-hydrogen) atoms.